The molecule has 2 N–H and O–H groups in total. The minimum Gasteiger partial charge on any atom is -0.478 e. The van der Waals surface area contributed by atoms with Crippen molar-refractivity contribution in [3.8, 4) is 0 Å². The molecule has 0 spiro atoms. The Kier molecular flexibility index (Phi) is 4.33. The second kappa shape index (κ2) is 5.97. The zero-order chi connectivity index (χ0) is 13.0. The van der Waals surface area contributed by atoms with E-state index in [0.717, 1.165) is 6.42 Å². The van der Waals surface area contributed by atoms with E-state index in [1.54, 1.807) is 23.6 Å². The lowest BCUT2D eigenvalue weighted by atomic mass is 10.2. The molecule has 0 amide bonds. The van der Waals surface area contributed by atoms with Gasteiger partial charge in [-0.15, -0.1) is 0 Å². The zero-order valence-corrected chi connectivity index (χ0v) is 11.8. The lowest BCUT2D eigenvalue weighted by molar-refractivity contribution is 0.0697. The number of thiophene rings is 1. The number of carboxylic acid groups (broad SMARTS) is 1. The fourth-order valence-electron chi connectivity index (χ4n) is 1.50. The molecule has 0 bridgehead atoms. The van der Waals surface area contributed by atoms with Crippen LogP contribution in [0.15, 0.2) is 33.6 Å². The van der Waals surface area contributed by atoms with Gasteiger partial charge in [0.2, 0.25) is 0 Å². The molecule has 2 heterocycles. The van der Waals surface area contributed by atoms with Crippen LogP contribution in [0.2, 0.25) is 0 Å². The molecule has 6 heteroatoms. The zero-order valence-electron chi connectivity index (χ0n) is 9.39. The summed E-state index contributed by atoms with van der Waals surface area (Å²) in [7, 11) is 0. The normalized spacial score (nSPS) is 10.3. The minimum absolute atomic E-state index is 0.176. The highest BCUT2D eigenvalue weighted by Gasteiger charge is 2.11. The Hall–Kier alpha value is -1.40. The molecule has 2 rings (SSSR count). The van der Waals surface area contributed by atoms with Crippen molar-refractivity contribution in [2.75, 3.05) is 11.9 Å². The Morgan fingerprint density at radius 1 is 1.56 bits per heavy atom. The van der Waals surface area contributed by atoms with Crippen LogP contribution in [-0.2, 0) is 6.42 Å². The summed E-state index contributed by atoms with van der Waals surface area (Å²) in [5.41, 5.74) is 1.41. The molecule has 4 nitrogen and oxygen atoms in total. The first-order valence-corrected chi connectivity index (χ1v) is 7.04. The molecular formula is C12H11BrN2O2S. The Morgan fingerprint density at radius 2 is 2.39 bits per heavy atom. The number of hydrogen-bond donors (Lipinski definition) is 2. The van der Waals surface area contributed by atoms with Crippen LogP contribution in [0, 0.1) is 0 Å². The van der Waals surface area contributed by atoms with Gasteiger partial charge in [0.05, 0.1) is 0 Å². The fourth-order valence-corrected chi connectivity index (χ4v) is 2.54. The van der Waals surface area contributed by atoms with Gasteiger partial charge in [-0.05, 0) is 50.8 Å². The van der Waals surface area contributed by atoms with Crippen LogP contribution in [0.25, 0.3) is 0 Å². The topological polar surface area (TPSA) is 62.2 Å². The van der Waals surface area contributed by atoms with Crippen molar-refractivity contribution in [2.45, 2.75) is 6.42 Å². The van der Waals surface area contributed by atoms with E-state index in [2.05, 4.69) is 37.7 Å². The third-order valence-corrected chi connectivity index (χ3v) is 3.54. The summed E-state index contributed by atoms with van der Waals surface area (Å²) in [6, 6.07) is 3.60. The first kappa shape index (κ1) is 13.0. The van der Waals surface area contributed by atoms with E-state index in [1.165, 1.54) is 5.56 Å². The molecule has 0 aliphatic carbocycles. The maximum Gasteiger partial charge on any atom is 0.339 e. The second-order valence-electron chi connectivity index (χ2n) is 3.66. The molecule has 94 valence electrons. The van der Waals surface area contributed by atoms with Gasteiger partial charge >= 0.3 is 5.97 Å². The van der Waals surface area contributed by atoms with E-state index < -0.39 is 5.97 Å². The number of anilines is 1. The molecule has 0 aromatic carbocycles. The van der Waals surface area contributed by atoms with Crippen LogP contribution in [-0.4, -0.2) is 22.6 Å². The number of aromatic nitrogens is 1. The van der Waals surface area contributed by atoms with Crippen molar-refractivity contribution in [3.05, 3.63) is 44.7 Å². The maximum atomic E-state index is 11.1. The number of rotatable bonds is 5. The van der Waals surface area contributed by atoms with Gasteiger partial charge in [0.1, 0.15) is 11.4 Å². The van der Waals surface area contributed by atoms with Gasteiger partial charge in [-0.2, -0.15) is 11.3 Å². The highest BCUT2D eigenvalue weighted by Crippen LogP contribution is 2.18. The maximum absolute atomic E-state index is 11.1. The van der Waals surface area contributed by atoms with Gasteiger partial charge in [-0.25, -0.2) is 9.78 Å². The summed E-state index contributed by atoms with van der Waals surface area (Å²) in [5, 5.41) is 16.2. The van der Waals surface area contributed by atoms with Crippen LogP contribution in [0.5, 0.6) is 0 Å². The lowest BCUT2D eigenvalue weighted by Gasteiger charge is -2.08. The van der Waals surface area contributed by atoms with Crippen molar-refractivity contribution >= 4 is 39.1 Å². The van der Waals surface area contributed by atoms with Gasteiger partial charge in [0.15, 0.2) is 0 Å². The Labute approximate surface area is 117 Å². The predicted octanol–water partition coefficient (Wildman–Crippen LogP) is 3.26. The van der Waals surface area contributed by atoms with E-state index in [4.69, 9.17) is 5.11 Å². The first-order valence-electron chi connectivity index (χ1n) is 5.30. The summed E-state index contributed by atoms with van der Waals surface area (Å²) in [4.78, 5) is 15.1. The van der Waals surface area contributed by atoms with Gasteiger partial charge < -0.3 is 10.4 Å². The number of pyridine rings is 1. The number of aromatic carboxylic acids is 1. The Morgan fingerprint density at radius 3 is 3.06 bits per heavy atom. The summed E-state index contributed by atoms with van der Waals surface area (Å²) in [5.74, 6) is -0.581. The van der Waals surface area contributed by atoms with Crippen LogP contribution < -0.4 is 5.32 Å². The quantitative estimate of drug-likeness (QED) is 0.885. The standard InChI is InChI=1S/C12H11BrN2O2S/c13-9-5-10(12(16)17)11(15-6-9)14-3-1-8-2-4-18-7-8/h2,4-7H,1,3H2,(H,14,15)(H,16,17). The fraction of sp³-hybridized carbons (Fsp3) is 0.167. The van der Waals surface area contributed by atoms with E-state index in [0.29, 0.717) is 16.8 Å². The molecule has 18 heavy (non-hydrogen) atoms. The predicted molar refractivity (Wildman–Crippen MR) is 75.4 cm³/mol. The van der Waals surface area contributed by atoms with Gasteiger partial charge in [-0.1, -0.05) is 0 Å². The van der Waals surface area contributed by atoms with Crippen molar-refractivity contribution in [3.63, 3.8) is 0 Å². The van der Waals surface area contributed by atoms with Gasteiger partial charge in [-0.3, -0.25) is 0 Å². The molecule has 0 aliphatic heterocycles. The van der Waals surface area contributed by atoms with E-state index in [-0.39, 0.29) is 5.56 Å². The third kappa shape index (κ3) is 3.30. The van der Waals surface area contributed by atoms with E-state index in [9.17, 15) is 4.79 Å². The number of carbonyl (C=O) groups is 1. The molecule has 0 aliphatic rings. The smallest absolute Gasteiger partial charge is 0.339 e. The van der Waals surface area contributed by atoms with E-state index in [1.807, 2.05) is 5.38 Å². The van der Waals surface area contributed by atoms with Gasteiger partial charge in [0, 0.05) is 17.2 Å². The molecule has 0 radical (unpaired) electrons. The molecule has 0 saturated carbocycles. The highest BCUT2D eigenvalue weighted by atomic mass is 79.9. The number of nitrogens with one attached hydrogen (secondary N) is 1. The first-order chi connectivity index (χ1) is 8.66. The lowest BCUT2D eigenvalue weighted by Crippen LogP contribution is -2.11. The van der Waals surface area contributed by atoms with Crippen molar-refractivity contribution in [1.29, 1.82) is 0 Å². The SMILES string of the molecule is O=C(O)c1cc(Br)cnc1NCCc1ccsc1. The third-order valence-electron chi connectivity index (χ3n) is 2.37. The Balaban J connectivity index is 2.02. The number of carboxylic acids is 1. The molecule has 0 saturated heterocycles. The largest absolute Gasteiger partial charge is 0.478 e. The van der Waals surface area contributed by atoms with Crippen LogP contribution in [0.3, 0.4) is 0 Å². The van der Waals surface area contributed by atoms with Gasteiger partial charge in [0.25, 0.3) is 0 Å². The minimum atomic E-state index is -0.984. The highest BCUT2D eigenvalue weighted by molar-refractivity contribution is 9.10. The van der Waals surface area contributed by atoms with Crippen molar-refractivity contribution in [2.24, 2.45) is 0 Å². The molecular weight excluding hydrogens is 316 g/mol. The van der Waals surface area contributed by atoms with Crippen LogP contribution in [0.1, 0.15) is 15.9 Å². The second-order valence-corrected chi connectivity index (χ2v) is 5.36. The van der Waals surface area contributed by atoms with Crippen molar-refractivity contribution in [1.82, 2.24) is 4.98 Å². The number of halogens is 1. The molecule has 2 aromatic rings. The average Bonchev–Trinajstić information content (AvgIpc) is 2.84. The van der Waals surface area contributed by atoms with Crippen LogP contribution in [0.4, 0.5) is 5.82 Å². The average molecular weight is 327 g/mol. The summed E-state index contributed by atoms with van der Waals surface area (Å²) >= 11 is 4.86. The van der Waals surface area contributed by atoms with Crippen LogP contribution >= 0.6 is 27.3 Å². The van der Waals surface area contributed by atoms with Crippen molar-refractivity contribution < 1.29 is 9.90 Å². The summed E-state index contributed by atoms with van der Waals surface area (Å²) < 4.78 is 0.656. The molecule has 0 unspecified atom stereocenters. The van der Waals surface area contributed by atoms with E-state index >= 15 is 0 Å². The monoisotopic (exact) mass is 326 g/mol. The Bertz CT molecular complexity index is 543. The summed E-state index contributed by atoms with van der Waals surface area (Å²) in [6.45, 7) is 0.658. The number of nitrogens with zero attached hydrogens (tertiary/aromatic N) is 1. The summed E-state index contributed by atoms with van der Waals surface area (Å²) in [6.07, 6.45) is 2.43. The molecule has 2 aromatic heterocycles. The number of hydrogen-bond acceptors (Lipinski definition) is 4. The molecule has 0 fully saturated rings. The molecule has 0 atom stereocenters.